The third-order valence-corrected chi connectivity index (χ3v) is 4.69. The molecule has 0 aliphatic heterocycles. The van der Waals surface area contributed by atoms with Gasteiger partial charge in [0, 0.05) is 29.3 Å². The minimum atomic E-state index is -0.0679. The lowest BCUT2D eigenvalue weighted by molar-refractivity contribution is -0.122. The van der Waals surface area contributed by atoms with Crippen LogP contribution in [0.15, 0.2) is 6.20 Å². The molecule has 0 unspecified atom stereocenters. The van der Waals surface area contributed by atoms with Gasteiger partial charge in [-0.15, -0.1) is 0 Å². The summed E-state index contributed by atoms with van der Waals surface area (Å²) in [5.41, 5.74) is 2.24. The molecule has 1 heterocycles. The molecule has 5 heteroatoms. The van der Waals surface area contributed by atoms with Gasteiger partial charge >= 0.3 is 0 Å². The van der Waals surface area contributed by atoms with Crippen molar-refractivity contribution in [3.8, 4) is 0 Å². The molecule has 0 spiro atoms. The molecule has 25 heavy (non-hydrogen) atoms. The van der Waals surface area contributed by atoms with Crippen LogP contribution in [0.5, 0.6) is 0 Å². The van der Waals surface area contributed by atoms with Crippen molar-refractivity contribution in [1.82, 2.24) is 20.2 Å². The van der Waals surface area contributed by atoms with Crippen molar-refractivity contribution < 1.29 is 4.79 Å². The van der Waals surface area contributed by atoms with Crippen LogP contribution in [0.2, 0.25) is 0 Å². The molecular formula is C20H34N4O. The molecule has 1 aromatic rings. The number of amides is 1. The third-order valence-electron chi connectivity index (χ3n) is 4.69. The molecule has 5 nitrogen and oxygen atoms in total. The molecule has 0 fully saturated rings. The summed E-state index contributed by atoms with van der Waals surface area (Å²) >= 11 is 0. The van der Waals surface area contributed by atoms with Crippen LogP contribution in [-0.2, 0) is 16.6 Å². The molecular weight excluding hydrogens is 312 g/mol. The summed E-state index contributed by atoms with van der Waals surface area (Å²) in [6.07, 6.45) is 5.23. The smallest absolute Gasteiger partial charge is 0.220 e. The normalized spacial score (nSPS) is 19.6. The SMILES string of the molecule is CN(C)CCCC(=O)N[C@@H]1CC(C)(C)Cc2nc(C(C)(C)C)ncc21. The van der Waals surface area contributed by atoms with E-state index < -0.39 is 0 Å². The molecule has 0 radical (unpaired) electrons. The van der Waals surface area contributed by atoms with Gasteiger partial charge in [-0.3, -0.25) is 4.79 Å². The van der Waals surface area contributed by atoms with E-state index in [4.69, 9.17) is 4.98 Å². The maximum Gasteiger partial charge on any atom is 0.220 e. The Bertz CT molecular complexity index is 617. The van der Waals surface area contributed by atoms with Gasteiger partial charge in [0.2, 0.25) is 5.91 Å². The quantitative estimate of drug-likeness (QED) is 0.889. The van der Waals surface area contributed by atoms with E-state index in [0.717, 1.165) is 42.9 Å². The monoisotopic (exact) mass is 346 g/mol. The summed E-state index contributed by atoms with van der Waals surface area (Å²) in [4.78, 5) is 23.9. The first kappa shape index (κ1) is 19.8. The highest BCUT2D eigenvalue weighted by atomic mass is 16.1. The van der Waals surface area contributed by atoms with Gasteiger partial charge in [0.25, 0.3) is 0 Å². The van der Waals surface area contributed by atoms with Crippen LogP contribution in [0, 0.1) is 5.41 Å². The number of carbonyl (C=O) groups is 1. The molecule has 1 amide bonds. The van der Waals surface area contributed by atoms with E-state index >= 15 is 0 Å². The zero-order valence-electron chi connectivity index (χ0n) is 16.9. The Kier molecular flexibility index (Phi) is 5.87. The number of rotatable bonds is 5. The molecule has 1 aliphatic carbocycles. The zero-order valence-corrected chi connectivity index (χ0v) is 16.9. The maximum atomic E-state index is 12.4. The highest BCUT2D eigenvalue weighted by Crippen LogP contribution is 2.40. The maximum absolute atomic E-state index is 12.4. The Morgan fingerprint density at radius 3 is 2.64 bits per heavy atom. The van der Waals surface area contributed by atoms with Gasteiger partial charge in [0.1, 0.15) is 5.82 Å². The first-order chi connectivity index (χ1) is 11.5. The van der Waals surface area contributed by atoms with Gasteiger partial charge in [-0.25, -0.2) is 9.97 Å². The number of nitrogens with one attached hydrogen (secondary N) is 1. The van der Waals surface area contributed by atoms with Crippen LogP contribution in [0.1, 0.15) is 77.0 Å². The predicted octanol–water partition coefficient (Wildman–Crippen LogP) is 3.25. The average Bonchev–Trinajstić information content (AvgIpc) is 2.43. The van der Waals surface area contributed by atoms with Crippen molar-refractivity contribution in [2.45, 2.75) is 71.8 Å². The van der Waals surface area contributed by atoms with Crippen LogP contribution in [0.25, 0.3) is 0 Å². The van der Waals surface area contributed by atoms with Crippen LogP contribution >= 0.6 is 0 Å². The van der Waals surface area contributed by atoms with E-state index in [1.807, 2.05) is 20.3 Å². The Morgan fingerprint density at radius 2 is 2.04 bits per heavy atom. The summed E-state index contributed by atoms with van der Waals surface area (Å²) in [5.74, 6) is 0.996. The van der Waals surface area contributed by atoms with Crippen LogP contribution in [0.3, 0.4) is 0 Å². The van der Waals surface area contributed by atoms with Gasteiger partial charge in [-0.05, 0) is 45.3 Å². The molecule has 2 rings (SSSR count). The zero-order chi connectivity index (χ0) is 18.8. The lowest BCUT2D eigenvalue weighted by Gasteiger charge is -2.37. The van der Waals surface area contributed by atoms with Crippen molar-refractivity contribution in [2.75, 3.05) is 20.6 Å². The number of carbonyl (C=O) groups excluding carboxylic acids is 1. The molecule has 140 valence electrons. The van der Waals surface area contributed by atoms with Crippen molar-refractivity contribution in [1.29, 1.82) is 0 Å². The molecule has 0 aromatic carbocycles. The van der Waals surface area contributed by atoms with Crippen LogP contribution in [0.4, 0.5) is 0 Å². The van der Waals surface area contributed by atoms with E-state index in [-0.39, 0.29) is 22.8 Å². The lowest BCUT2D eigenvalue weighted by atomic mass is 9.74. The van der Waals surface area contributed by atoms with Gasteiger partial charge in [0.05, 0.1) is 6.04 Å². The molecule has 1 aliphatic rings. The number of hydrogen-bond acceptors (Lipinski definition) is 4. The number of hydrogen-bond donors (Lipinski definition) is 1. The molecule has 1 N–H and O–H groups in total. The summed E-state index contributed by atoms with van der Waals surface area (Å²) in [7, 11) is 4.06. The number of aromatic nitrogens is 2. The highest BCUT2D eigenvalue weighted by Gasteiger charge is 2.35. The fourth-order valence-corrected chi connectivity index (χ4v) is 3.36. The van der Waals surface area contributed by atoms with Gasteiger partial charge in [0.15, 0.2) is 0 Å². The Morgan fingerprint density at radius 1 is 1.36 bits per heavy atom. The fourth-order valence-electron chi connectivity index (χ4n) is 3.36. The molecule has 0 bridgehead atoms. The minimum Gasteiger partial charge on any atom is -0.349 e. The topological polar surface area (TPSA) is 58.1 Å². The Hall–Kier alpha value is -1.49. The first-order valence-corrected chi connectivity index (χ1v) is 9.28. The molecule has 0 saturated carbocycles. The molecule has 1 atom stereocenters. The summed E-state index contributed by atoms with van der Waals surface area (Å²) in [6, 6.07) is 0.0135. The highest BCUT2D eigenvalue weighted by molar-refractivity contribution is 5.76. The Balaban J connectivity index is 2.16. The van der Waals surface area contributed by atoms with Gasteiger partial charge in [-0.1, -0.05) is 34.6 Å². The van der Waals surface area contributed by atoms with Gasteiger partial charge in [-0.2, -0.15) is 0 Å². The largest absolute Gasteiger partial charge is 0.349 e. The van der Waals surface area contributed by atoms with E-state index in [9.17, 15) is 4.79 Å². The summed E-state index contributed by atoms with van der Waals surface area (Å²) in [5, 5.41) is 3.23. The number of fused-ring (bicyclic) bond motifs is 1. The second kappa shape index (κ2) is 7.40. The van der Waals surface area contributed by atoms with Crippen molar-refractivity contribution in [2.24, 2.45) is 5.41 Å². The van der Waals surface area contributed by atoms with Gasteiger partial charge < -0.3 is 10.2 Å². The van der Waals surface area contributed by atoms with Crippen LogP contribution < -0.4 is 5.32 Å². The van der Waals surface area contributed by atoms with E-state index in [1.165, 1.54) is 0 Å². The van der Waals surface area contributed by atoms with Crippen molar-refractivity contribution >= 4 is 5.91 Å². The first-order valence-electron chi connectivity index (χ1n) is 9.28. The molecule has 1 aromatic heterocycles. The fraction of sp³-hybridized carbons (Fsp3) is 0.750. The van der Waals surface area contributed by atoms with E-state index in [2.05, 4.69) is 49.8 Å². The second-order valence-electron chi connectivity index (χ2n) is 9.42. The van der Waals surface area contributed by atoms with E-state index in [0.29, 0.717) is 6.42 Å². The van der Waals surface area contributed by atoms with Crippen LogP contribution in [-0.4, -0.2) is 41.4 Å². The summed E-state index contributed by atoms with van der Waals surface area (Å²) in [6.45, 7) is 11.8. The average molecular weight is 347 g/mol. The minimum absolute atomic E-state index is 0.0135. The van der Waals surface area contributed by atoms with Crippen molar-refractivity contribution in [3.63, 3.8) is 0 Å². The Labute approximate surface area is 152 Å². The van der Waals surface area contributed by atoms with E-state index in [1.54, 1.807) is 0 Å². The summed E-state index contributed by atoms with van der Waals surface area (Å²) < 4.78 is 0. The third kappa shape index (κ3) is 5.50. The standard InChI is InChI=1S/C20H34N4O/c1-19(2,3)18-21-13-14-15(11-20(4,5)12-16(14)23-18)22-17(25)9-8-10-24(6)7/h13,15H,8-12H2,1-7H3,(H,22,25)/t15-/m1/s1. The second-order valence-corrected chi connectivity index (χ2v) is 9.42. The number of nitrogens with zero attached hydrogens (tertiary/aromatic N) is 3. The predicted molar refractivity (Wildman–Crippen MR) is 102 cm³/mol. The lowest BCUT2D eigenvalue weighted by Crippen LogP contribution is -2.37. The van der Waals surface area contributed by atoms with Crippen molar-refractivity contribution in [3.05, 3.63) is 23.3 Å². The molecule has 0 saturated heterocycles.